The van der Waals surface area contributed by atoms with Gasteiger partial charge in [0.2, 0.25) is 5.91 Å². The number of nitro benzene ring substituents is 1. The van der Waals surface area contributed by atoms with Crippen LogP contribution in [0.2, 0.25) is 0 Å². The second kappa shape index (κ2) is 7.02. The van der Waals surface area contributed by atoms with Crippen LogP contribution in [0.25, 0.3) is 0 Å². The molecule has 0 saturated carbocycles. The Morgan fingerprint density at radius 1 is 1.23 bits per heavy atom. The first-order valence-corrected chi connectivity index (χ1v) is 6.55. The molecule has 0 bridgehead atoms. The first-order chi connectivity index (χ1) is 10.6. The largest absolute Gasteiger partial charge is 0.378 e. The third-order valence-corrected chi connectivity index (χ3v) is 2.89. The molecule has 8 nitrogen and oxygen atoms in total. The number of pyridine rings is 1. The van der Waals surface area contributed by atoms with E-state index in [0.717, 1.165) is 11.9 Å². The van der Waals surface area contributed by atoms with E-state index in [1.54, 1.807) is 6.20 Å². The van der Waals surface area contributed by atoms with Crippen molar-refractivity contribution in [1.29, 1.82) is 0 Å². The molecule has 1 amide bonds. The first-order valence-electron chi connectivity index (χ1n) is 6.55. The average Bonchev–Trinajstić information content (AvgIpc) is 2.52. The van der Waals surface area contributed by atoms with Crippen LogP contribution in [-0.4, -0.2) is 28.9 Å². The van der Waals surface area contributed by atoms with Crippen molar-refractivity contribution in [2.75, 3.05) is 23.7 Å². The van der Waals surface area contributed by atoms with Gasteiger partial charge in [-0.2, -0.15) is 0 Å². The van der Waals surface area contributed by atoms with Gasteiger partial charge in [0.15, 0.2) is 0 Å². The zero-order chi connectivity index (χ0) is 15.9. The fraction of sp³-hybridized carbons (Fsp3) is 0.143. The van der Waals surface area contributed by atoms with E-state index in [1.807, 2.05) is 18.2 Å². The number of aromatic nitrogens is 1. The molecular weight excluding hydrogens is 286 g/mol. The number of primary amides is 1. The molecule has 4 N–H and O–H groups in total. The number of nitrogens with zero attached hydrogens (tertiary/aromatic N) is 2. The highest BCUT2D eigenvalue weighted by Crippen LogP contribution is 2.25. The summed E-state index contributed by atoms with van der Waals surface area (Å²) in [6, 6.07) is 9.58. The summed E-state index contributed by atoms with van der Waals surface area (Å²) in [4.78, 5) is 25.7. The quantitative estimate of drug-likeness (QED) is 0.405. The van der Waals surface area contributed by atoms with Crippen LogP contribution in [0.1, 0.15) is 10.4 Å². The van der Waals surface area contributed by atoms with Crippen LogP contribution in [0.3, 0.4) is 0 Å². The highest BCUT2D eigenvalue weighted by molar-refractivity contribution is 5.94. The molecule has 0 atom stereocenters. The van der Waals surface area contributed by atoms with Gasteiger partial charge >= 0.3 is 0 Å². The molecule has 2 rings (SSSR count). The number of rotatable bonds is 7. The second-order valence-electron chi connectivity index (χ2n) is 4.42. The van der Waals surface area contributed by atoms with Crippen molar-refractivity contribution >= 4 is 23.1 Å². The highest BCUT2D eigenvalue weighted by Gasteiger charge is 2.16. The maximum atomic E-state index is 11.1. The molecule has 2 aromatic rings. The number of carbonyl (C=O) groups is 1. The standard InChI is InChI=1S/C14H15N5O3/c15-14(20)10-4-5-11(12(9-10)19(21)22)16-7-8-18-13-3-1-2-6-17-13/h1-6,9,16H,7-8H2,(H2,15,20)(H,17,18). The van der Waals surface area contributed by atoms with Gasteiger partial charge in [-0.1, -0.05) is 6.07 Å². The minimum Gasteiger partial charge on any atom is -0.378 e. The molecule has 0 aliphatic heterocycles. The molecule has 1 heterocycles. The Kier molecular flexibility index (Phi) is 4.86. The zero-order valence-electron chi connectivity index (χ0n) is 11.7. The van der Waals surface area contributed by atoms with E-state index in [4.69, 9.17) is 5.73 Å². The summed E-state index contributed by atoms with van der Waals surface area (Å²) in [5.41, 5.74) is 5.37. The number of carbonyl (C=O) groups excluding carboxylic acids is 1. The van der Waals surface area contributed by atoms with Crippen molar-refractivity contribution < 1.29 is 9.72 Å². The van der Waals surface area contributed by atoms with E-state index >= 15 is 0 Å². The van der Waals surface area contributed by atoms with Gasteiger partial charge in [-0.05, 0) is 24.3 Å². The van der Waals surface area contributed by atoms with Crippen molar-refractivity contribution in [3.63, 3.8) is 0 Å². The molecule has 1 aromatic carbocycles. The lowest BCUT2D eigenvalue weighted by Crippen LogP contribution is -2.16. The van der Waals surface area contributed by atoms with E-state index in [9.17, 15) is 14.9 Å². The van der Waals surface area contributed by atoms with E-state index in [1.165, 1.54) is 12.1 Å². The van der Waals surface area contributed by atoms with E-state index < -0.39 is 10.8 Å². The Labute approximate surface area is 126 Å². The molecule has 1 aromatic heterocycles. The van der Waals surface area contributed by atoms with Crippen LogP contribution in [-0.2, 0) is 0 Å². The van der Waals surface area contributed by atoms with Gasteiger partial charge in [-0.3, -0.25) is 14.9 Å². The summed E-state index contributed by atoms with van der Waals surface area (Å²) < 4.78 is 0. The number of nitro groups is 1. The van der Waals surface area contributed by atoms with Gasteiger partial charge in [0.05, 0.1) is 4.92 Å². The third-order valence-electron chi connectivity index (χ3n) is 2.89. The van der Waals surface area contributed by atoms with Crippen molar-refractivity contribution in [2.24, 2.45) is 5.73 Å². The zero-order valence-corrected chi connectivity index (χ0v) is 11.7. The lowest BCUT2D eigenvalue weighted by molar-refractivity contribution is -0.384. The van der Waals surface area contributed by atoms with Gasteiger partial charge in [0, 0.05) is 30.9 Å². The molecule has 0 spiro atoms. The number of amides is 1. The van der Waals surface area contributed by atoms with Crippen LogP contribution in [0.5, 0.6) is 0 Å². The van der Waals surface area contributed by atoms with Crippen molar-refractivity contribution in [3.8, 4) is 0 Å². The SMILES string of the molecule is NC(=O)c1ccc(NCCNc2ccccn2)c([N+](=O)[O-])c1. The third kappa shape index (κ3) is 3.92. The van der Waals surface area contributed by atoms with Gasteiger partial charge in [-0.25, -0.2) is 4.98 Å². The summed E-state index contributed by atoms with van der Waals surface area (Å²) in [5, 5.41) is 17.1. The monoisotopic (exact) mass is 301 g/mol. The molecule has 8 heteroatoms. The number of benzene rings is 1. The molecule has 0 saturated heterocycles. The number of hydrogen-bond acceptors (Lipinski definition) is 6. The molecule has 0 fully saturated rings. The second-order valence-corrected chi connectivity index (χ2v) is 4.42. The maximum absolute atomic E-state index is 11.1. The van der Waals surface area contributed by atoms with Crippen LogP contribution in [0.4, 0.5) is 17.2 Å². The predicted molar refractivity (Wildman–Crippen MR) is 82.8 cm³/mol. The van der Waals surface area contributed by atoms with Gasteiger partial charge < -0.3 is 16.4 Å². The Hall–Kier alpha value is -3.16. The predicted octanol–water partition coefficient (Wildman–Crippen LogP) is 1.61. The van der Waals surface area contributed by atoms with Crippen molar-refractivity contribution in [1.82, 2.24) is 4.98 Å². The minimum atomic E-state index is -0.702. The van der Waals surface area contributed by atoms with Gasteiger partial charge in [0.25, 0.3) is 5.69 Å². The average molecular weight is 301 g/mol. The van der Waals surface area contributed by atoms with E-state index in [0.29, 0.717) is 18.8 Å². The Balaban J connectivity index is 1.97. The van der Waals surface area contributed by atoms with Crippen LogP contribution >= 0.6 is 0 Å². The molecule has 0 aliphatic carbocycles. The molecule has 114 valence electrons. The minimum absolute atomic E-state index is 0.101. The van der Waals surface area contributed by atoms with Crippen molar-refractivity contribution in [2.45, 2.75) is 0 Å². The topological polar surface area (TPSA) is 123 Å². The molecule has 0 radical (unpaired) electrons. The summed E-state index contributed by atoms with van der Waals surface area (Å²) in [6.45, 7) is 0.985. The summed E-state index contributed by atoms with van der Waals surface area (Å²) in [6.07, 6.45) is 1.67. The van der Waals surface area contributed by atoms with Crippen LogP contribution in [0, 0.1) is 10.1 Å². The number of nitrogens with two attached hydrogens (primary N) is 1. The van der Waals surface area contributed by atoms with E-state index in [-0.39, 0.29) is 11.3 Å². The number of anilines is 2. The fourth-order valence-electron chi connectivity index (χ4n) is 1.84. The normalized spacial score (nSPS) is 10.0. The van der Waals surface area contributed by atoms with Gasteiger partial charge in [-0.15, -0.1) is 0 Å². The first kappa shape index (κ1) is 15.2. The lowest BCUT2D eigenvalue weighted by Gasteiger charge is -2.09. The molecule has 0 unspecified atom stereocenters. The molecular formula is C14H15N5O3. The van der Waals surface area contributed by atoms with Gasteiger partial charge in [0.1, 0.15) is 11.5 Å². The van der Waals surface area contributed by atoms with Crippen molar-refractivity contribution in [3.05, 3.63) is 58.3 Å². The Morgan fingerprint density at radius 2 is 2.00 bits per heavy atom. The molecule has 0 aliphatic rings. The fourth-order valence-corrected chi connectivity index (χ4v) is 1.84. The number of nitrogens with one attached hydrogen (secondary N) is 2. The highest BCUT2D eigenvalue weighted by atomic mass is 16.6. The summed E-state index contributed by atoms with van der Waals surface area (Å²) >= 11 is 0. The summed E-state index contributed by atoms with van der Waals surface area (Å²) in [5.74, 6) is 0.0225. The molecule has 22 heavy (non-hydrogen) atoms. The Bertz CT molecular complexity index is 675. The van der Waals surface area contributed by atoms with Crippen LogP contribution < -0.4 is 16.4 Å². The lowest BCUT2D eigenvalue weighted by atomic mass is 10.1. The van der Waals surface area contributed by atoms with E-state index in [2.05, 4.69) is 15.6 Å². The smallest absolute Gasteiger partial charge is 0.293 e. The maximum Gasteiger partial charge on any atom is 0.293 e. The Morgan fingerprint density at radius 3 is 2.64 bits per heavy atom. The number of hydrogen-bond donors (Lipinski definition) is 3. The summed E-state index contributed by atoms with van der Waals surface area (Å²) in [7, 11) is 0. The van der Waals surface area contributed by atoms with Crippen LogP contribution in [0.15, 0.2) is 42.6 Å².